The summed E-state index contributed by atoms with van der Waals surface area (Å²) < 4.78 is 26.3. The summed E-state index contributed by atoms with van der Waals surface area (Å²) in [6.45, 7) is 1.79. The topological polar surface area (TPSA) is 32.3 Å². The number of hydrogen-bond acceptors (Lipinski definition) is 2. The van der Waals surface area contributed by atoms with E-state index in [1.165, 1.54) is 24.3 Å². The smallest absolute Gasteiger partial charge is 0.132 e. The molecule has 0 aliphatic carbocycles. The van der Waals surface area contributed by atoms with E-state index < -0.39 is 5.82 Å². The standard InChI is InChI=1S/C14H13F2NO/c1-9(13-7-6-12(18)8-14(13)16)17-11-4-2-10(15)3-5-11/h2-9,17-18H,1H3. The minimum Gasteiger partial charge on any atom is -0.508 e. The average molecular weight is 249 g/mol. The molecule has 2 N–H and O–H groups in total. The molecule has 0 saturated heterocycles. The molecule has 94 valence electrons. The van der Waals surface area contributed by atoms with Crippen molar-refractivity contribution in [3.8, 4) is 5.75 Å². The zero-order valence-electron chi connectivity index (χ0n) is 9.82. The SMILES string of the molecule is CC(Nc1ccc(F)cc1)c1ccc(O)cc1F. The quantitative estimate of drug-likeness (QED) is 0.866. The fourth-order valence-corrected chi connectivity index (χ4v) is 1.74. The highest BCUT2D eigenvalue weighted by molar-refractivity contribution is 5.45. The molecular formula is C14H13F2NO. The Morgan fingerprint density at radius 3 is 2.33 bits per heavy atom. The van der Waals surface area contributed by atoms with Crippen LogP contribution in [0.15, 0.2) is 42.5 Å². The van der Waals surface area contributed by atoms with Crippen LogP contribution in [0.1, 0.15) is 18.5 Å². The van der Waals surface area contributed by atoms with E-state index >= 15 is 0 Å². The Morgan fingerprint density at radius 1 is 1.06 bits per heavy atom. The van der Waals surface area contributed by atoms with Crippen molar-refractivity contribution in [1.29, 1.82) is 0 Å². The molecule has 0 fully saturated rings. The number of phenols is 1. The van der Waals surface area contributed by atoms with Crippen molar-refractivity contribution in [3.63, 3.8) is 0 Å². The van der Waals surface area contributed by atoms with Crippen LogP contribution >= 0.6 is 0 Å². The van der Waals surface area contributed by atoms with Gasteiger partial charge in [-0.2, -0.15) is 0 Å². The van der Waals surface area contributed by atoms with Gasteiger partial charge in [0.1, 0.15) is 17.4 Å². The van der Waals surface area contributed by atoms with E-state index in [1.54, 1.807) is 19.1 Å². The molecule has 0 amide bonds. The van der Waals surface area contributed by atoms with Gasteiger partial charge in [-0.25, -0.2) is 8.78 Å². The molecule has 0 saturated carbocycles. The zero-order valence-corrected chi connectivity index (χ0v) is 9.82. The van der Waals surface area contributed by atoms with Crippen LogP contribution in [0.4, 0.5) is 14.5 Å². The van der Waals surface area contributed by atoms with Gasteiger partial charge < -0.3 is 10.4 Å². The van der Waals surface area contributed by atoms with Gasteiger partial charge in [0.2, 0.25) is 0 Å². The third-order valence-electron chi connectivity index (χ3n) is 2.68. The number of nitrogens with one attached hydrogen (secondary N) is 1. The second kappa shape index (κ2) is 5.04. The predicted octanol–water partition coefficient (Wildman–Crippen LogP) is 3.84. The first-order valence-corrected chi connectivity index (χ1v) is 5.57. The molecule has 1 unspecified atom stereocenters. The van der Waals surface area contributed by atoms with E-state index in [1.807, 2.05) is 0 Å². The second-order valence-corrected chi connectivity index (χ2v) is 4.08. The number of phenolic OH excluding ortho intramolecular Hbond substituents is 1. The van der Waals surface area contributed by atoms with Crippen molar-refractivity contribution in [1.82, 2.24) is 0 Å². The van der Waals surface area contributed by atoms with Gasteiger partial charge in [0, 0.05) is 17.3 Å². The van der Waals surface area contributed by atoms with Gasteiger partial charge in [-0.1, -0.05) is 6.07 Å². The minimum absolute atomic E-state index is 0.106. The first-order valence-electron chi connectivity index (χ1n) is 5.57. The summed E-state index contributed by atoms with van der Waals surface area (Å²) in [4.78, 5) is 0. The third kappa shape index (κ3) is 2.77. The lowest BCUT2D eigenvalue weighted by Gasteiger charge is -2.16. The van der Waals surface area contributed by atoms with E-state index in [-0.39, 0.29) is 17.6 Å². The van der Waals surface area contributed by atoms with Gasteiger partial charge in [0.05, 0.1) is 6.04 Å². The lowest BCUT2D eigenvalue weighted by Crippen LogP contribution is -2.08. The summed E-state index contributed by atoms with van der Waals surface area (Å²) in [6, 6.07) is 9.58. The van der Waals surface area contributed by atoms with Crippen LogP contribution in [-0.2, 0) is 0 Å². The largest absolute Gasteiger partial charge is 0.508 e. The second-order valence-electron chi connectivity index (χ2n) is 4.08. The Bertz CT molecular complexity index is 540. The molecule has 0 bridgehead atoms. The number of hydrogen-bond donors (Lipinski definition) is 2. The highest BCUT2D eigenvalue weighted by Gasteiger charge is 2.11. The van der Waals surface area contributed by atoms with Crippen molar-refractivity contribution < 1.29 is 13.9 Å². The number of rotatable bonds is 3. The molecule has 2 aromatic rings. The van der Waals surface area contributed by atoms with Crippen LogP contribution in [0.25, 0.3) is 0 Å². The number of halogens is 2. The molecule has 0 aromatic heterocycles. The van der Waals surface area contributed by atoms with E-state index in [0.29, 0.717) is 11.3 Å². The van der Waals surface area contributed by atoms with Gasteiger partial charge in [-0.3, -0.25) is 0 Å². The highest BCUT2D eigenvalue weighted by Crippen LogP contribution is 2.24. The van der Waals surface area contributed by atoms with E-state index in [2.05, 4.69) is 5.32 Å². The monoisotopic (exact) mass is 249 g/mol. The molecular weight excluding hydrogens is 236 g/mol. The number of anilines is 1. The Balaban J connectivity index is 2.16. The summed E-state index contributed by atoms with van der Waals surface area (Å²) in [6.07, 6.45) is 0. The first-order chi connectivity index (χ1) is 8.56. The summed E-state index contributed by atoms with van der Waals surface area (Å²) in [5.41, 5.74) is 1.15. The maximum atomic E-state index is 13.6. The van der Waals surface area contributed by atoms with Gasteiger partial charge >= 0.3 is 0 Å². The van der Waals surface area contributed by atoms with Crippen molar-refractivity contribution in [3.05, 3.63) is 59.7 Å². The van der Waals surface area contributed by atoms with Crippen molar-refractivity contribution in [2.45, 2.75) is 13.0 Å². The maximum Gasteiger partial charge on any atom is 0.132 e. The maximum absolute atomic E-state index is 13.6. The highest BCUT2D eigenvalue weighted by atomic mass is 19.1. The normalized spacial score (nSPS) is 12.2. The lowest BCUT2D eigenvalue weighted by atomic mass is 10.1. The summed E-state index contributed by atoms with van der Waals surface area (Å²) in [5, 5.41) is 12.2. The van der Waals surface area contributed by atoms with Crippen LogP contribution in [0.2, 0.25) is 0 Å². The van der Waals surface area contributed by atoms with Gasteiger partial charge in [-0.15, -0.1) is 0 Å². The fourth-order valence-electron chi connectivity index (χ4n) is 1.74. The molecule has 0 aliphatic heterocycles. The summed E-state index contributed by atoms with van der Waals surface area (Å²) in [5.74, 6) is -0.897. The molecule has 0 heterocycles. The number of benzene rings is 2. The lowest BCUT2D eigenvalue weighted by molar-refractivity contribution is 0.467. The molecule has 1 atom stereocenters. The Hall–Kier alpha value is -2.10. The van der Waals surface area contributed by atoms with Crippen molar-refractivity contribution in [2.24, 2.45) is 0 Å². The molecule has 0 radical (unpaired) electrons. The van der Waals surface area contributed by atoms with Gasteiger partial charge in [0.15, 0.2) is 0 Å². The number of aromatic hydroxyl groups is 1. The minimum atomic E-state index is -0.475. The molecule has 4 heteroatoms. The Labute approximate surface area is 104 Å². The fraction of sp³-hybridized carbons (Fsp3) is 0.143. The van der Waals surface area contributed by atoms with Crippen LogP contribution in [-0.4, -0.2) is 5.11 Å². The van der Waals surface area contributed by atoms with Crippen LogP contribution in [0.3, 0.4) is 0 Å². The molecule has 18 heavy (non-hydrogen) atoms. The van der Waals surface area contributed by atoms with Gasteiger partial charge in [-0.05, 0) is 37.3 Å². The third-order valence-corrected chi connectivity index (χ3v) is 2.68. The first kappa shape index (κ1) is 12.4. The summed E-state index contributed by atoms with van der Waals surface area (Å²) in [7, 11) is 0. The van der Waals surface area contributed by atoms with E-state index in [9.17, 15) is 8.78 Å². The van der Waals surface area contributed by atoms with E-state index in [4.69, 9.17) is 5.11 Å². The average Bonchev–Trinajstić information content (AvgIpc) is 2.32. The summed E-state index contributed by atoms with van der Waals surface area (Å²) >= 11 is 0. The molecule has 2 aromatic carbocycles. The van der Waals surface area contributed by atoms with Gasteiger partial charge in [0.25, 0.3) is 0 Å². The van der Waals surface area contributed by atoms with Crippen LogP contribution in [0.5, 0.6) is 5.75 Å². The van der Waals surface area contributed by atoms with Crippen LogP contribution < -0.4 is 5.32 Å². The van der Waals surface area contributed by atoms with Crippen molar-refractivity contribution >= 4 is 5.69 Å². The van der Waals surface area contributed by atoms with E-state index in [0.717, 1.165) is 6.07 Å². The van der Waals surface area contributed by atoms with Crippen LogP contribution in [0, 0.1) is 11.6 Å². The zero-order chi connectivity index (χ0) is 13.1. The Morgan fingerprint density at radius 2 is 1.72 bits per heavy atom. The van der Waals surface area contributed by atoms with Crippen molar-refractivity contribution in [2.75, 3.05) is 5.32 Å². The molecule has 2 nitrogen and oxygen atoms in total. The molecule has 0 spiro atoms. The predicted molar refractivity (Wildman–Crippen MR) is 66.5 cm³/mol. The molecule has 2 rings (SSSR count). The Kier molecular flexibility index (Phi) is 3.46. The molecule has 0 aliphatic rings.